The lowest BCUT2D eigenvalue weighted by molar-refractivity contribution is -0.125. The molecule has 0 saturated carbocycles. The first-order chi connectivity index (χ1) is 8.33. The average Bonchev–Trinajstić information content (AvgIpc) is 2.30. The molecule has 102 valence electrons. The number of carbonyl (C=O) groups is 1. The van der Waals surface area contributed by atoms with Crippen molar-refractivity contribution < 1.29 is 14.6 Å². The minimum absolute atomic E-state index is 0.0899. The van der Waals surface area contributed by atoms with Gasteiger partial charge < -0.3 is 9.84 Å². The molecule has 0 aliphatic carbocycles. The van der Waals surface area contributed by atoms with Crippen LogP contribution >= 0.6 is 0 Å². The lowest BCUT2D eigenvalue weighted by Crippen LogP contribution is -2.22. The third-order valence-electron chi connectivity index (χ3n) is 2.95. The quantitative estimate of drug-likeness (QED) is 0.896. The van der Waals surface area contributed by atoms with Gasteiger partial charge in [0.05, 0.1) is 7.11 Å². The van der Waals surface area contributed by atoms with Gasteiger partial charge in [0.25, 0.3) is 0 Å². The van der Waals surface area contributed by atoms with Crippen LogP contribution in [-0.4, -0.2) is 24.6 Å². The molecule has 0 heterocycles. The minimum atomic E-state index is -0.339. The molecule has 0 amide bonds. The molecule has 0 bridgehead atoms. The van der Waals surface area contributed by atoms with Crippen LogP contribution in [0, 0.1) is 12.3 Å². The van der Waals surface area contributed by atoms with Gasteiger partial charge in [0.2, 0.25) is 0 Å². The maximum absolute atomic E-state index is 10.7. The molecule has 0 spiro atoms. The Hall–Kier alpha value is -1.35. The number of rotatable bonds is 4. The maximum atomic E-state index is 10.7. The zero-order chi connectivity index (χ0) is 14.2. The summed E-state index contributed by atoms with van der Waals surface area (Å²) in [4.78, 5) is 10.7. The van der Waals surface area contributed by atoms with E-state index in [9.17, 15) is 4.79 Å². The number of hydrogen-bond acceptors (Lipinski definition) is 3. The van der Waals surface area contributed by atoms with E-state index < -0.39 is 0 Å². The first-order valence-electron chi connectivity index (χ1n) is 6.06. The number of aliphatic hydroxyl groups excluding tert-OH is 1. The summed E-state index contributed by atoms with van der Waals surface area (Å²) in [5.41, 5.74) is 0.921. The molecule has 0 unspecified atom stereocenters. The summed E-state index contributed by atoms with van der Waals surface area (Å²) in [6.07, 6.45) is 0.558. The largest absolute Gasteiger partial charge is 0.497 e. The van der Waals surface area contributed by atoms with E-state index in [0.717, 1.165) is 5.75 Å². The molecule has 0 aromatic heterocycles. The van der Waals surface area contributed by atoms with Crippen LogP contribution in [0.4, 0.5) is 0 Å². The van der Waals surface area contributed by atoms with Crippen LogP contribution in [0.3, 0.4) is 0 Å². The summed E-state index contributed by atoms with van der Waals surface area (Å²) in [5, 5.41) is 8.50. The van der Waals surface area contributed by atoms with E-state index in [-0.39, 0.29) is 17.8 Å². The molecule has 0 fully saturated rings. The summed E-state index contributed by atoms with van der Waals surface area (Å²) in [6, 6.07) is 7.96. The Morgan fingerprint density at radius 1 is 1.28 bits per heavy atom. The number of Topliss-reactive ketones (excluding diaryl/α,β-unsaturated/α-hetero) is 1. The second-order valence-electron chi connectivity index (χ2n) is 4.93. The molecule has 1 aromatic rings. The molecule has 0 aliphatic rings. The van der Waals surface area contributed by atoms with Crippen molar-refractivity contribution in [1.82, 2.24) is 0 Å². The standard InChI is InChI=1S/C8H10O.C7H14O2/c1-7-3-5-8(9-2)6-4-7;1-6(9)7(2,3)4-5-8/h3-6H,1-2H3;8H,4-5H2,1-3H3. The normalized spacial score (nSPS) is 10.3. The molecule has 1 N–H and O–H groups in total. The van der Waals surface area contributed by atoms with E-state index in [2.05, 4.69) is 6.92 Å². The fourth-order valence-corrected chi connectivity index (χ4v) is 1.13. The summed E-state index contributed by atoms with van der Waals surface area (Å²) < 4.78 is 4.97. The average molecular weight is 252 g/mol. The Balaban J connectivity index is 0.000000321. The van der Waals surface area contributed by atoms with Crippen molar-refractivity contribution in [2.75, 3.05) is 13.7 Å². The monoisotopic (exact) mass is 252 g/mol. The second-order valence-corrected chi connectivity index (χ2v) is 4.93. The topological polar surface area (TPSA) is 46.5 Å². The summed E-state index contributed by atoms with van der Waals surface area (Å²) >= 11 is 0. The fourth-order valence-electron chi connectivity index (χ4n) is 1.13. The second kappa shape index (κ2) is 7.88. The number of hydrogen-bond donors (Lipinski definition) is 1. The Labute approximate surface area is 110 Å². The predicted octanol–water partition coefficient (Wildman–Crippen LogP) is 2.99. The Morgan fingerprint density at radius 2 is 1.78 bits per heavy atom. The SMILES string of the molecule is CC(=O)C(C)(C)CCO.COc1ccc(C)cc1. The smallest absolute Gasteiger partial charge is 0.135 e. The van der Waals surface area contributed by atoms with Crippen LogP contribution < -0.4 is 4.74 Å². The van der Waals surface area contributed by atoms with Crippen LogP contribution in [0.2, 0.25) is 0 Å². The van der Waals surface area contributed by atoms with Gasteiger partial charge in [-0.15, -0.1) is 0 Å². The Kier molecular flexibility index (Phi) is 7.29. The number of ketones is 1. The maximum Gasteiger partial charge on any atom is 0.135 e. The van der Waals surface area contributed by atoms with Gasteiger partial charge in [-0.3, -0.25) is 4.79 Å². The van der Waals surface area contributed by atoms with Gasteiger partial charge in [-0.1, -0.05) is 31.5 Å². The molecule has 1 aromatic carbocycles. The summed E-state index contributed by atoms with van der Waals surface area (Å²) in [6.45, 7) is 7.37. The van der Waals surface area contributed by atoms with Crippen LogP contribution in [0.25, 0.3) is 0 Å². The van der Waals surface area contributed by atoms with Gasteiger partial charge in [0.15, 0.2) is 0 Å². The Morgan fingerprint density at radius 3 is 2.06 bits per heavy atom. The third kappa shape index (κ3) is 6.40. The van der Waals surface area contributed by atoms with Crippen LogP contribution in [0.1, 0.15) is 32.8 Å². The fraction of sp³-hybridized carbons (Fsp3) is 0.533. The lowest BCUT2D eigenvalue weighted by Gasteiger charge is -2.18. The van der Waals surface area contributed by atoms with Gasteiger partial charge in [-0.25, -0.2) is 0 Å². The molecule has 1 rings (SSSR count). The van der Waals surface area contributed by atoms with Crippen molar-refractivity contribution >= 4 is 5.78 Å². The minimum Gasteiger partial charge on any atom is -0.497 e. The van der Waals surface area contributed by atoms with Crippen molar-refractivity contribution in [3.8, 4) is 5.75 Å². The number of methoxy groups -OCH3 is 1. The molecule has 3 heteroatoms. The van der Waals surface area contributed by atoms with Crippen LogP contribution in [0.5, 0.6) is 5.75 Å². The van der Waals surface area contributed by atoms with Crippen molar-refractivity contribution in [3.05, 3.63) is 29.8 Å². The molecule has 3 nitrogen and oxygen atoms in total. The number of aliphatic hydroxyl groups is 1. The van der Waals surface area contributed by atoms with Crippen molar-refractivity contribution in [2.24, 2.45) is 5.41 Å². The van der Waals surface area contributed by atoms with E-state index >= 15 is 0 Å². The highest BCUT2D eigenvalue weighted by atomic mass is 16.5. The lowest BCUT2D eigenvalue weighted by atomic mass is 9.86. The highest BCUT2D eigenvalue weighted by Crippen LogP contribution is 2.19. The molecular formula is C15H24O3. The third-order valence-corrected chi connectivity index (χ3v) is 2.95. The van der Waals surface area contributed by atoms with Crippen LogP contribution in [-0.2, 0) is 4.79 Å². The van der Waals surface area contributed by atoms with E-state index in [1.165, 1.54) is 5.56 Å². The van der Waals surface area contributed by atoms with E-state index in [0.29, 0.717) is 6.42 Å². The highest BCUT2D eigenvalue weighted by molar-refractivity contribution is 5.81. The zero-order valence-corrected chi connectivity index (χ0v) is 12.0. The number of benzene rings is 1. The number of carbonyl (C=O) groups excluding carboxylic acids is 1. The number of ether oxygens (including phenoxy) is 1. The molecule has 0 aliphatic heterocycles. The van der Waals surface area contributed by atoms with Gasteiger partial charge in [-0.05, 0) is 32.4 Å². The van der Waals surface area contributed by atoms with Gasteiger partial charge >= 0.3 is 0 Å². The van der Waals surface area contributed by atoms with E-state index in [1.807, 2.05) is 38.1 Å². The van der Waals surface area contributed by atoms with Crippen molar-refractivity contribution in [2.45, 2.75) is 34.1 Å². The van der Waals surface area contributed by atoms with Gasteiger partial charge in [-0.2, -0.15) is 0 Å². The first kappa shape index (κ1) is 16.6. The molecule has 0 saturated heterocycles. The molecule has 0 atom stereocenters. The predicted molar refractivity (Wildman–Crippen MR) is 73.9 cm³/mol. The van der Waals surface area contributed by atoms with Gasteiger partial charge in [0, 0.05) is 12.0 Å². The van der Waals surface area contributed by atoms with Gasteiger partial charge in [0.1, 0.15) is 11.5 Å². The summed E-state index contributed by atoms with van der Waals surface area (Å²) in [7, 11) is 1.67. The molecule has 0 radical (unpaired) electrons. The van der Waals surface area contributed by atoms with Crippen molar-refractivity contribution in [1.29, 1.82) is 0 Å². The molecular weight excluding hydrogens is 228 g/mol. The number of aryl methyl sites for hydroxylation is 1. The van der Waals surface area contributed by atoms with Crippen LogP contribution in [0.15, 0.2) is 24.3 Å². The Bertz CT molecular complexity index is 353. The summed E-state index contributed by atoms with van der Waals surface area (Å²) in [5.74, 6) is 1.05. The first-order valence-corrected chi connectivity index (χ1v) is 6.06. The van der Waals surface area contributed by atoms with Crippen molar-refractivity contribution in [3.63, 3.8) is 0 Å². The molecule has 18 heavy (non-hydrogen) atoms. The zero-order valence-electron chi connectivity index (χ0n) is 12.0. The van der Waals surface area contributed by atoms with E-state index in [1.54, 1.807) is 14.0 Å². The highest BCUT2D eigenvalue weighted by Gasteiger charge is 2.21. The van der Waals surface area contributed by atoms with E-state index in [4.69, 9.17) is 9.84 Å².